The second-order valence-electron chi connectivity index (χ2n) is 6.12. The molecule has 28 heavy (non-hydrogen) atoms. The average Bonchev–Trinajstić information content (AvgIpc) is 3.38. The van der Waals surface area contributed by atoms with E-state index >= 15 is 0 Å². The molecule has 3 aromatic rings. The molecule has 0 radical (unpaired) electrons. The van der Waals surface area contributed by atoms with Crippen LogP contribution in [-0.4, -0.2) is 28.4 Å². The van der Waals surface area contributed by atoms with Gasteiger partial charge in [0.1, 0.15) is 0 Å². The van der Waals surface area contributed by atoms with Crippen molar-refractivity contribution in [1.82, 2.24) is 15.5 Å². The number of nitrogens with zero attached hydrogens (tertiary/aromatic N) is 2. The first kappa shape index (κ1) is 20.8. The number of para-hydroxylation sites is 1. The number of nitrogens with one attached hydrogen (secondary N) is 2. The van der Waals surface area contributed by atoms with Gasteiger partial charge in [0.05, 0.1) is 5.75 Å². The van der Waals surface area contributed by atoms with E-state index in [1.165, 1.54) is 39.1 Å². The van der Waals surface area contributed by atoms with Gasteiger partial charge in [-0.1, -0.05) is 61.2 Å². The molecule has 0 atom stereocenters. The second kappa shape index (κ2) is 10.6. The fourth-order valence-corrected chi connectivity index (χ4v) is 5.08. The summed E-state index contributed by atoms with van der Waals surface area (Å²) in [6.07, 6.45) is 2.79. The zero-order valence-corrected chi connectivity index (χ0v) is 18.5. The Hall–Kier alpha value is -1.90. The largest absolute Gasteiger partial charge is 0.355 e. The molecule has 0 aliphatic rings. The minimum Gasteiger partial charge on any atom is -0.355 e. The lowest BCUT2D eigenvalue weighted by atomic mass is 10.0. The number of aryl methyl sites for hydroxylation is 2. The van der Waals surface area contributed by atoms with Crippen LogP contribution in [0.25, 0.3) is 0 Å². The number of rotatable bonds is 10. The molecule has 0 bridgehead atoms. The van der Waals surface area contributed by atoms with Crippen molar-refractivity contribution >= 4 is 51.2 Å². The number of aromatic nitrogens is 2. The predicted octanol–water partition coefficient (Wildman–Crippen LogP) is 4.92. The standard InChI is InChI=1S/C20H24N4OS3/c1-3-14-7-5-8-15(4-2)18(14)22-19-23-24-20(28-19)27-13-17(25)21-11-10-16-9-6-12-26-16/h5-9,12H,3-4,10-11,13H2,1-2H3,(H,21,25)(H,22,23). The Bertz CT molecular complexity index is 871. The number of anilines is 2. The quantitative estimate of drug-likeness (QED) is 0.445. The van der Waals surface area contributed by atoms with E-state index in [-0.39, 0.29) is 5.91 Å². The molecule has 0 unspecified atom stereocenters. The summed E-state index contributed by atoms with van der Waals surface area (Å²) in [6, 6.07) is 10.5. The molecule has 0 spiro atoms. The number of thioether (sulfide) groups is 1. The van der Waals surface area contributed by atoms with Crippen LogP contribution in [0.4, 0.5) is 10.8 Å². The third-order valence-corrected chi connectivity index (χ3v) is 7.15. The predicted molar refractivity (Wildman–Crippen MR) is 120 cm³/mol. The molecule has 0 saturated heterocycles. The number of benzene rings is 1. The van der Waals surface area contributed by atoms with E-state index in [4.69, 9.17) is 0 Å². The Morgan fingerprint density at radius 1 is 1.11 bits per heavy atom. The molecule has 2 heterocycles. The first-order valence-electron chi connectivity index (χ1n) is 9.32. The van der Waals surface area contributed by atoms with Gasteiger partial charge in [0.15, 0.2) is 4.34 Å². The van der Waals surface area contributed by atoms with Crippen molar-refractivity contribution < 1.29 is 4.79 Å². The number of carbonyl (C=O) groups is 1. The fraction of sp³-hybridized carbons (Fsp3) is 0.350. The lowest BCUT2D eigenvalue weighted by Crippen LogP contribution is -2.27. The first-order valence-corrected chi connectivity index (χ1v) is 12.0. The topological polar surface area (TPSA) is 66.9 Å². The third-order valence-electron chi connectivity index (χ3n) is 4.24. The molecule has 5 nitrogen and oxygen atoms in total. The highest BCUT2D eigenvalue weighted by molar-refractivity contribution is 8.01. The Kier molecular flexibility index (Phi) is 7.88. The number of hydrogen-bond donors (Lipinski definition) is 2. The number of carbonyl (C=O) groups excluding carboxylic acids is 1. The molecule has 1 amide bonds. The van der Waals surface area contributed by atoms with Crippen LogP contribution in [0.2, 0.25) is 0 Å². The normalized spacial score (nSPS) is 10.8. The minimum atomic E-state index is 0.0239. The van der Waals surface area contributed by atoms with Crippen LogP contribution in [-0.2, 0) is 24.1 Å². The van der Waals surface area contributed by atoms with Gasteiger partial charge in [0.2, 0.25) is 11.0 Å². The lowest BCUT2D eigenvalue weighted by Gasteiger charge is -2.13. The van der Waals surface area contributed by atoms with Crippen LogP contribution >= 0.6 is 34.4 Å². The minimum absolute atomic E-state index is 0.0239. The van der Waals surface area contributed by atoms with Crippen molar-refractivity contribution in [3.05, 3.63) is 51.7 Å². The highest BCUT2D eigenvalue weighted by Crippen LogP contribution is 2.31. The van der Waals surface area contributed by atoms with Gasteiger partial charge in [-0.3, -0.25) is 4.79 Å². The van der Waals surface area contributed by atoms with Crippen molar-refractivity contribution in [3.8, 4) is 0 Å². The summed E-state index contributed by atoms with van der Waals surface area (Å²) < 4.78 is 0.794. The van der Waals surface area contributed by atoms with E-state index in [1.54, 1.807) is 11.3 Å². The Morgan fingerprint density at radius 2 is 1.89 bits per heavy atom. The Balaban J connectivity index is 1.50. The monoisotopic (exact) mass is 432 g/mol. The number of hydrogen-bond acceptors (Lipinski definition) is 7. The summed E-state index contributed by atoms with van der Waals surface area (Å²) in [5.74, 6) is 0.376. The van der Waals surface area contributed by atoms with Crippen molar-refractivity contribution in [3.63, 3.8) is 0 Å². The summed E-state index contributed by atoms with van der Waals surface area (Å²) in [7, 11) is 0. The van der Waals surface area contributed by atoms with Crippen molar-refractivity contribution in [2.24, 2.45) is 0 Å². The summed E-state index contributed by atoms with van der Waals surface area (Å²) in [5, 5.41) is 17.7. The number of thiophene rings is 1. The maximum Gasteiger partial charge on any atom is 0.230 e. The Labute approximate surface area is 178 Å². The third kappa shape index (κ3) is 5.80. The van der Waals surface area contributed by atoms with Gasteiger partial charge in [0, 0.05) is 17.1 Å². The van der Waals surface area contributed by atoms with E-state index < -0.39 is 0 Å². The molecule has 3 rings (SSSR count). The molecule has 8 heteroatoms. The van der Waals surface area contributed by atoms with Gasteiger partial charge in [-0.25, -0.2) is 0 Å². The van der Waals surface area contributed by atoms with Crippen LogP contribution in [0.15, 0.2) is 40.1 Å². The molecular weight excluding hydrogens is 408 g/mol. The zero-order chi connectivity index (χ0) is 19.8. The molecule has 2 aromatic heterocycles. The molecule has 1 aromatic carbocycles. The van der Waals surface area contributed by atoms with Crippen molar-refractivity contribution in [1.29, 1.82) is 0 Å². The number of amides is 1. The van der Waals surface area contributed by atoms with Crippen LogP contribution in [0.1, 0.15) is 29.9 Å². The molecular formula is C20H24N4OS3. The van der Waals surface area contributed by atoms with Gasteiger partial charge in [-0.05, 0) is 41.8 Å². The first-order chi connectivity index (χ1) is 13.7. The van der Waals surface area contributed by atoms with Gasteiger partial charge < -0.3 is 10.6 Å². The van der Waals surface area contributed by atoms with Gasteiger partial charge in [-0.15, -0.1) is 21.5 Å². The van der Waals surface area contributed by atoms with Gasteiger partial charge in [0.25, 0.3) is 0 Å². The van der Waals surface area contributed by atoms with E-state index in [2.05, 4.69) is 64.3 Å². The Morgan fingerprint density at radius 3 is 2.57 bits per heavy atom. The van der Waals surface area contributed by atoms with Crippen LogP contribution < -0.4 is 10.6 Å². The summed E-state index contributed by atoms with van der Waals surface area (Å²) >= 11 is 4.62. The van der Waals surface area contributed by atoms with E-state index in [9.17, 15) is 4.79 Å². The van der Waals surface area contributed by atoms with E-state index in [0.29, 0.717) is 12.3 Å². The molecule has 0 aliphatic heterocycles. The molecule has 0 saturated carbocycles. The van der Waals surface area contributed by atoms with Crippen LogP contribution in [0.3, 0.4) is 0 Å². The van der Waals surface area contributed by atoms with Gasteiger partial charge in [-0.2, -0.15) is 0 Å². The van der Waals surface area contributed by atoms with Crippen molar-refractivity contribution in [2.45, 2.75) is 37.4 Å². The molecule has 0 aliphatic carbocycles. The second-order valence-corrected chi connectivity index (χ2v) is 9.36. The smallest absolute Gasteiger partial charge is 0.230 e. The highest BCUT2D eigenvalue weighted by atomic mass is 32.2. The van der Waals surface area contributed by atoms with Gasteiger partial charge >= 0.3 is 0 Å². The molecule has 148 valence electrons. The average molecular weight is 433 g/mol. The molecule has 2 N–H and O–H groups in total. The van der Waals surface area contributed by atoms with Crippen molar-refractivity contribution in [2.75, 3.05) is 17.6 Å². The SMILES string of the molecule is CCc1cccc(CC)c1Nc1nnc(SCC(=O)NCCc2cccs2)s1. The summed E-state index contributed by atoms with van der Waals surface area (Å²) in [4.78, 5) is 13.3. The fourth-order valence-electron chi connectivity index (χ4n) is 2.79. The molecule has 0 fully saturated rings. The lowest BCUT2D eigenvalue weighted by molar-refractivity contribution is -0.118. The van der Waals surface area contributed by atoms with E-state index in [0.717, 1.165) is 34.4 Å². The summed E-state index contributed by atoms with van der Waals surface area (Å²) in [6.45, 7) is 4.97. The van der Waals surface area contributed by atoms with E-state index in [1.807, 2.05) is 6.07 Å². The van der Waals surface area contributed by atoms with Crippen LogP contribution in [0, 0.1) is 0 Å². The highest BCUT2D eigenvalue weighted by Gasteiger charge is 2.11. The summed E-state index contributed by atoms with van der Waals surface area (Å²) in [5.41, 5.74) is 3.68. The van der Waals surface area contributed by atoms with Crippen LogP contribution in [0.5, 0.6) is 0 Å². The maximum atomic E-state index is 12.0. The zero-order valence-electron chi connectivity index (χ0n) is 16.0. The maximum absolute atomic E-state index is 12.0.